The maximum Gasteiger partial charge on any atom is 0.153 e. The van der Waals surface area contributed by atoms with Gasteiger partial charge in [-0.05, 0) is 12.8 Å². The molecule has 0 aromatic carbocycles. The minimum absolute atomic E-state index is 0.708. The van der Waals surface area contributed by atoms with Crippen LogP contribution < -0.4 is 0 Å². The fourth-order valence-corrected chi connectivity index (χ4v) is 1.09. The lowest BCUT2D eigenvalue weighted by molar-refractivity contribution is -0.455. The Morgan fingerprint density at radius 3 is 2.78 bits per heavy atom. The van der Waals surface area contributed by atoms with Crippen LogP contribution in [-0.4, -0.2) is 17.5 Å². The number of hydrogen-bond acceptors (Lipinski definition) is 1. The van der Waals surface area contributed by atoms with Gasteiger partial charge in [0.15, 0.2) is 12.8 Å². The van der Waals surface area contributed by atoms with Crippen LogP contribution in [0, 0.1) is 5.21 Å². The molecule has 0 unspecified atom stereocenters. The Bertz CT molecular complexity index is 109. The molecule has 1 rings (SSSR count). The molecule has 52 valence electrons. The molecule has 1 aliphatic rings. The smallest absolute Gasteiger partial charge is 0.153 e. The first-order valence-corrected chi connectivity index (χ1v) is 3.67. The molecular formula is C7H13NO. The average Bonchev–Trinajstić information content (AvgIpc) is 1.79. The maximum absolute atomic E-state index is 10.7. The van der Waals surface area contributed by atoms with Gasteiger partial charge in [0.05, 0.1) is 0 Å². The maximum atomic E-state index is 10.7. The van der Waals surface area contributed by atoms with Crippen LogP contribution >= 0.6 is 0 Å². The van der Waals surface area contributed by atoms with Gasteiger partial charge in [-0.25, -0.2) is 4.74 Å². The van der Waals surface area contributed by atoms with Crippen LogP contribution in [0.2, 0.25) is 0 Å². The highest BCUT2D eigenvalue weighted by atomic mass is 16.5. The summed E-state index contributed by atoms with van der Waals surface area (Å²) in [6, 6.07) is 0. The van der Waals surface area contributed by atoms with E-state index in [0.717, 1.165) is 17.6 Å². The molecule has 1 heterocycles. The normalized spacial score (nSPS) is 22.0. The molecule has 0 saturated heterocycles. The van der Waals surface area contributed by atoms with Gasteiger partial charge in [-0.3, -0.25) is 0 Å². The van der Waals surface area contributed by atoms with E-state index in [9.17, 15) is 5.21 Å². The van der Waals surface area contributed by atoms with E-state index in [-0.39, 0.29) is 0 Å². The van der Waals surface area contributed by atoms with E-state index in [1.54, 1.807) is 6.21 Å². The minimum Gasteiger partial charge on any atom is -0.624 e. The zero-order chi connectivity index (χ0) is 6.53. The minimum atomic E-state index is 0.708. The first-order chi connectivity index (χ1) is 4.39. The highest BCUT2D eigenvalue weighted by Gasteiger charge is 1.98. The summed E-state index contributed by atoms with van der Waals surface area (Å²) >= 11 is 0. The van der Waals surface area contributed by atoms with Crippen molar-refractivity contribution in [3.8, 4) is 0 Å². The fourth-order valence-electron chi connectivity index (χ4n) is 1.09. The predicted molar refractivity (Wildman–Crippen MR) is 37.6 cm³/mol. The molecule has 0 aromatic heterocycles. The summed E-state index contributed by atoms with van der Waals surface area (Å²) in [6.45, 7) is 0.708. The molecule has 0 saturated carbocycles. The highest BCUT2D eigenvalue weighted by Crippen LogP contribution is 2.04. The van der Waals surface area contributed by atoms with Crippen molar-refractivity contribution in [2.45, 2.75) is 32.1 Å². The van der Waals surface area contributed by atoms with Gasteiger partial charge in [0.2, 0.25) is 0 Å². The molecule has 2 nitrogen and oxygen atoms in total. The van der Waals surface area contributed by atoms with E-state index in [1.807, 2.05) is 0 Å². The van der Waals surface area contributed by atoms with Gasteiger partial charge in [-0.2, -0.15) is 0 Å². The molecule has 2 heteroatoms. The van der Waals surface area contributed by atoms with Crippen molar-refractivity contribution in [3.05, 3.63) is 5.21 Å². The van der Waals surface area contributed by atoms with E-state index < -0.39 is 0 Å². The second kappa shape index (κ2) is 3.49. The molecule has 0 atom stereocenters. The fraction of sp³-hybridized carbons (Fsp3) is 0.857. The van der Waals surface area contributed by atoms with Crippen molar-refractivity contribution < 1.29 is 4.74 Å². The number of rotatable bonds is 0. The molecule has 1 aliphatic heterocycles. The van der Waals surface area contributed by atoms with Crippen molar-refractivity contribution in [1.29, 1.82) is 0 Å². The van der Waals surface area contributed by atoms with Crippen LogP contribution in [0.4, 0.5) is 0 Å². The third-order valence-electron chi connectivity index (χ3n) is 1.67. The molecule has 0 bridgehead atoms. The summed E-state index contributed by atoms with van der Waals surface area (Å²) in [4.78, 5) is 0. The second-order valence-electron chi connectivity index (χ2n) is 2.53. The Balaban J connectivity index is 2.32. The molecule has 0 amide bonds. The SMILES string of the molecule is [O-][N+]1=CCCCCCC1. The first-order valence-electron chi connectivity index (χ1n) is 3.67. The van der Waals surface area contributed by atoms with Gasteiger partial charge in [-0.15, -0.1) is 0 Å². The molecule has 0 aromatic rings. The summed E-state index contributed by atoms with van der Waals surface area (Å²) in [7, 11) is 0. The predicted octanol–water partition coefficient (Wildman–Crippen LogP) is 1.53. The highest BCUT2D eigenvalue weighted by molar-refractivity contribution is 5.51. The van der Waals surface area contributed by atoms with E-state index in [4.69, 9.17) is 0 Å². The van der Waals surface area contributed by atoms with Gasteiger partial charge in [0.25, 0.3) is 0 Å². The zero-order valence-corrected chi connectivity index (χ0v) is 5.68. The van der Waals surface area contributed by atoms with Crippen molar-refractivity contribution >= 4 is 6.21 Å². The van der Waals surface area contributed by atoms with E-state index in [2.05, 4.69) is 0 Å². The Hall–Kier alpha value is -0.530. The number of hydrogen-bond donors (Lipinski definition) is 0. The van der Waals surface area contributed by atoms with Crippen LogP contribution in [0.3, 0.4) is 0 Å². The van der Waals surface area contributed by atoms with Crippen molar-refractivity contribution in [1.82, 2.24) is 0 Å². The first kappa shape index (κ1) is 6.59. The Labute approximate surface area is 55.8 Å². The van der Waals surface area contributed by atoms with E-state index in [0.29, 0.717) is 6.54 Å². The molecule has 0 N–H and O–H groups in total. The molecule has 0 fully saturated rings. The van der Waals surface area contributed by atoms with Crippen LogP contribution in [0.1, 0.15) is 32.1 Å². The van der Waals surface area contributed by atoms with Gasteiger partial charge >= 0.3 is 0 Å². The molecular weight excluding hydrogens is 114 g/mol. The van der Waals surface area contributed by atoms with Crippen LogP contribution in [0.15, 0.2) is 0 Å². The Morgan fingerprint density at radius 1 is 1.11 bits per heavy atom. The zero-order valence-electron chi connectivity index (χ0n) is 5.68. The third-order valence-corrected chi connectivity index (χ3v) is 1.67. The van der Waals surface area contributed by atoms with Gasteiger partial charge in [0, 0.05) is 12.8 Å². The Kier molecular flexibility index (Phi) is 2.55. The lowest BCUT2D eigenvalue weighted by Crippen LogP contribution is -2.08. The number of hydroxylamine groups is 1. The summed E-state index contributed by atoms with van der Waals surface area (Å²) in [5, 5.41) is 10.7. The van der Waals surface area contributed by atoms with Crippen molar-refractivity contribution in [3.63, 3.8) is 0 Å². The van der Waals surface area contributed by atoms with E-state index >= 15 is 0 Å². The summed E-state index contributed by atoms with van der Waals surface area (Å²) in [6.07, 6.45) is 7.53. The lowest BCUT2D eigenvalue weighted by Gasteiger charge is -2.06. The van der Waals surface area contributed by atoms with Crippen LogP contribution in [-0.2, 0) is 0 Å². The summed E-state index contributed by atoms with van der Waals surface area (Å²) < 4.78 is 1.07. The van der Waals surface area contributed by atoms with Gasteiger partial charge in [-0.1, -0.05) is 6.42 Å². The summed E-state index contributed by atoms with van der Waals surface area (Å²) in [5.41, 5.74) is 0. The molecule has 0 aliphatic carbocycles. The quantitative estimate of drug-likeness (QED) is 0.358. The van der Waals surface area contributed by atoms with Crippen LogP contribution in [0.5, 0.6) is 0 Å². The molecule has 9 heavy (non-hydrogen) atoms. The standard InChI is InChI=1S/C7H13NO/c9-8-6-4-2-1-3-5-7-8/h6H,1-5,7H2. The lowest BCUT2D eigenvalue weighted by atomic mass is 10.1. The monoisotopic (exact) mass is 127 g/mol. The Morgan fingerprint density at radius 2 is 1.89 bits per heavy atom. The third kappa shape index (κ3) is 2.49. The topological polar surface area (TPSA) is 26.1 Å². The molecule has 0 spiro atoms. The van der Waals surface area contributed by atoms with Gasteiger partial charge < -0.3 is 5.21 Å². The van der Waals surface area contributed by atoms with Crippen molar-refractivity contribution in [2.75, 3.05) is 6.54 Å². The summed E-state index contributed by atoms with van der Waals surface area (Å²) in [5.74, 6) is 0. The van der Waals surface area contributed by atoms with Crippen molar-refractivity contribution in [2.24, 2.45) is 0 Å². The van der Waals surface area contributed by atoms with Gasteiger partial charge in [0.1, 0.15) is 0 Å². The second-order valence-corrected chi connectivity index (χ2v) is 2.53. The largest absolute Gasteiger partial charge is 0.624 e. The average molecular weight is 127 g/mol. The number of nitrogens with zero attached hydrogens (tertiary/aromatic N) is 1. The molecule has 0 radical (unpaired) electrons. The van der Waals surface area contributed by atoms with E-state index in [1.165, 1.54) is 19.3 Å². The van der Waals surface area contributed by atoms with Crippen LogP contribution in [0.25, 0.3) is 0 Å².